The minimum Gasteiger partial charge on any atom is -0.375 e. The first-order valence-electron chi connectivity index (χ1n) is 4.59. The number of ether oxygens (including phenoxy) is 1. The van der Waals surface area contributed by atoms with Crippen molar-refractivity contribution in [3.8, 4) is 0 Å². The second-order valence-corrected chi connectivity index (χ2v) is 4.44. The lowest BCUT2D eigenvalue weighted by molar-refractivity contribution is 0.00532. The number of hydrogen-bond acceptors (Lipinski definition) is 2. The van der Waals surface area contributed by atoms with E-state index < -0.39 is 0 Å². The van der Waals surface area contributed by atoms with Crippen molar-refractivity contribution in [3.05, 3.63) is 11.1 Å². The maximum atomic E-state index is 5.82. The molecule has 0 spiro atoms. The molecule has 1 unspecified atom stereocenters. The quantitative estimate of drug-likeness (QED) is 0.595. The molecule has 1 atom stereocenters. The second kappa shape index (κ2) is 5.36. The van der Waals surface area contributed by atoms with Crippen LogP contribution in [0.25, 0.3) is 0 Å². The summed E-state index contributed by atoms with van der Waals surface area (Å²) in [4.78, 5) is 6.23. The van der Waals surface area contributed by atoms with E-state index in [0.717, 1.165) is 17.6 Å². The SMILES string of the molecule is C=C(Br)CN=C(N)N1CCOC(C)C1. The minimum absolute atomic E-state index is 0.227. The highest BCUT2D eigenvalue weighted by Gasteiger charge is 2.17. The Labute approximate surface area is 92.9 Å². The van der Waals surface area contributed by atoms with Gasteiger partial charge in [-0.2, -0.15) is 0 Å². The molecule has 0 aromatic carbocycles. The summed E-state index contributed by atoms with van der Waals surface area (Å²) in [5, 5.41) is 0. The molecule has 0 amide bonds. The average molecular weight is 262 g/mol. The Morgan fingerprint density at radius 2 is 2.50 bits per heavy atom. The van der Waals surface area contributed by atoms with E-state index in [1.54, 1.807) is 0 Å². The summed E-state index contributed by atoms with van der Waals surface area (Å²) in [5.41, 5.74) is 5.82. The highest BCUT2D eigenvalue weighted by atomic mass is 79.9. The Morgan fingerprint density at radius 1 is 1.79 bits per heavy atom. The molecule has 14 heavy (non-hydrogen) atoms. The molecule has 0 aromatic rings. The predicted octanol–water partition coefficient (Wildman–Crippen LogP) is 0.930. The molecule has 4 nitrogen and oxygen atoms in total. The first-order valence-corrected chi connectivity index (χ1v) is 5.38. The Balaban J connectivity index is 2.46. The van der Waals surface area contributed by atoms with Crippen molar-refractivity contribution in [3.63, 3.8) is 0 Å². The van der Waals surface area contributed by atoms with Gasteiger partial charge in [-0.25, -0.2) is 4.99 Å². The number of hydrogen-bond donors (Lipinski definition) is 1. The van der Waals surface area contributed by atoms with Gasteiger partial charge >= 0.3 is 0 Å². The van der Waals surface area contributed by atoms with E-state index in [1.165, 1.54) is 0 Å². The lowest BCUT2D eigenvalue weighted by atomic mass is 10.3. The van der Waals surface area contributed by atoms with Crippen molar-refractivity contribution in [2.75, 3.05) is 26.2 Å². The lowest BCUT2D eigenvalue weighted by Crippen LogP contribution is -2.47. The third kappa shape index (κ3) is 3.67. The van der Waals surface area contributed by atoms with Gasteiger partial charge in [-0.1, -0.05) is 22.5 Å². The van der Waals surface area contributed by atoms with Crippen LogP contribution < -0.4 is 5.73 Å². The van der Waals surface area contributed by atoms with Crippen LogP contribution in [0.15, 0.2) is 16.1 Å². The van der Waals surface area contributed by atoms with Crippen LogP contribution in [0.3, 0.4) is 0 Å². The molecule has 1 saturated heterocycles. The number of nitrogens with two attached hydrogens (primary N) is 1. The van der Waals surface area contributed by atoms with Crippen LogP contribution in [0.4, 0.5) is 0 Å². The molecule has 0 bridgehead atoms. The molecule has 1 aliphatic heterocycles. The van der Waals surface area contributed by atoms with E-state index in [9.17, 15) is 0 Å². The molecule has 5 heteroatoms. The highest BCUT2D eigenvalue weighted by Crippen LogP contribution is 2.05. The molecule has 0 radical (unpaired) electrons. The molecule has 0 aromatic heterocycles. The zero-order chi connectivity index (χ0) is 10.6. The van der Waals surface area contributed by atoms with Crippen molar-refractivity contribution < 1.29 is 4.74 Å². The highest BCUT2D eigenvalue weighted by molar-refractivity contribution is 9.11. The smallest absolute Gasteiger partial charge is 0.191 e. The van der Waals surface area contributed by atoms with E-state index >= 15 is 0 Å². The molecule has 1 heterocycles. The summed E-state index contributed by atoms with van der Waals surface area (Å²) in [5.74, 6) is 0.570. The first kappa shape index (κ1) is 11.5. The molecule has 1 fully saturated rings. The topological polar surface area (TPSA) is 50.8 Å². The zero-order valence-corrected chi connectivity index (χ0v) is 9.96. The van der Waals surface area contributed by atoms with Crippen molar-refractivity contribution in [2.24, 2.45) is 10.7 Å². The third-order valence-electron chi connectivity index (χ3n) is 1.98. The van der Waals surface area contributed by atoms with Gasteiger partial charge in [0.1, 0.15) is 0 Å². The number of guanidine groups is 1. The maximum Gasteiger partial charge on any atom is 0.191 e. The van der Waals surface area contributed by atoms with Gasteiger partial charge in [-0.05, 0) is 6.92 Å². The van der Waals surface area contributed by atoms with Crippen LogP contribution in [0, 0.1) is 0 Å². The van der Waals surface area contributed by atoms with Crippen LogP contribution in [0.2, 0.25) is 0 Å². The van der Waals surface area contributed by atoms with Crippen LogP contribution in [-0.2, 0) is 4.74 Å². The van der Waals surface area contributed by atoms with E-state index in [0.29, 0.717) is 19.1 Å². The van der Waals surface area contributed by atoms with E-state index in [2.05, 4.69) is 27.5 Å². The van der Waals surface area contributed by atoms with Crippen molar-refractivity contribution >= 4 is 21.9 Å². The second-order valence-electron chi connectivity index (χ2n) is 3.32. The molecule has 1 aliphatic rings. The van der Waals surface area contributed by atoms with Crippen LogP contribution >= 0.6 is 15.9 Å². The Morgan fingerprint density at radius 3 is 3.07 bits per heavy atom. The number of aliphatic imine (C=N–C) groups is 1. The van der Waals surface area contributed by atoms with Crippen molar-refractivity contribution in [2.45, 2.75) is 13.0 Å². The van der Waals surface area contributed by atoms with Gasteiger partial charge in [-0.15, -0.1) is 0 Å². The molecule has 1 rings (SSSR count). The van der Waals surface area contributed by atoms with Gasteiger partial charge in [-0.3, -0.25) is 0 Å². The van der Waals surface area contributed by atoms with Gasteiger partial charge in [0, 0.05) is 17.6 Å². The number of halogens is 1. The van der Waals surface area contributed by atoms with E-state index in [1.807, 2.05) is 11.8 Å². The summed E-state index contributed by atoms with van der Waals surface area (Å²) in [7, 11) is 0. The van der Waals surface area contributed by atoms with Gasteiger partial charge in [0.15, 0.2) is 5.96 Å². The summed E-state index contributed by atoms with van der Waals surface area (Å²) < 4.78 is 6.24. The molecular weight excluding hydrogens is 246 g/mol. The van der Waals surface area contributed by atoms with Crippen molar-refractivity contribution in [1.82, 2.24) is 4.90 Å². The van der Waals surface area contributed by atoms with Crippen LogP contribution in [0.1, 0.15) is 6.92 Å². The van der Waals surface area contributed by atoms with Gasteiger partial charge in [0.05, 0.1) is 19.3 Å². The third-order valence-corrected chi connectivity index (χ3v) is 2.23. The molecular formula is C9H16BrN3O. The lowest BCUT2D eigenvalue weighted by Gasteiger charge is -2.31. The fourth-order valence-corrected chi connectivity index (χ4v) is 1.42. The minimum atomic E-state index is 0.227. The first-order chi connectivity index (χ1) is 6.59. The maximum absolute atomic E-state index is 5.82. The van der Waals surface area contributed by atoms with Crippen molar-refractivity contribution in [1.29, 1.82) is 0 Å². The summed E-state index contributed by atoms with van der Waals surface area (Å²) in [6.45, 7) is 8.59. The predicted molar refractivity (Wildman–Crippen MR) is 61.5 cm³/mol. The Hall–Kier alpha value is -0.550. The fraction of sp³-hybridized carbons (Fsp3) is 0.667. The molecule has 80 valence electrons. The van der Waals surface area contributed by atoms with Gasteiger partial charge in [0.2, 0.25) is 0 Å². The molecule has 0 aliphatic carbocycles. The zero-order valence-electron chi connectivity index (χ0n) is 8.37. The molecule has 2 N–H and O–H groups in total. The van der Waals surface area contributed by atoms with Gasteiger partial charge in [0.25, 0.3) is 0 Å². The Kier molecular flexibility index (Phi) is 4.41. The van der Waals surface area contributed by atoms with Gasteiger partial charge < -0.3 is 15.4 Å². The standard InChI is InChI=1S/C9H16BrN3O/c1-7(10)5-12-9(11)13-3-4-14-8(2)6-13/h8H,1,3-6H2,2H3,(H2,11,12). The average Bonchev–Trinajstić information content (AvgIpc) is 2.14. The Bertz CT molecular complexity index is 242. The number of rotatable bonds is 2. The largest absolute Gasteiger partial charge is 0.375 e. The van der Waals surface area contributed by atoms with E-state index in [-0.39, 0.29) is 6.10 Å². The van der Waals surface area contributed by atoms with Crippen LogP contribution in [0.5, 0.6) is 0 Å². The number of nitrogens with zero attached hydrogens (tertiary/aromatic N) is 2. The normalized spacial score (nSPS) is 23.7. The molecule has 0 saturated carbocycles. The van der Waals surface area contributed by atoms with Crippen LogP contribution in [-0.4, -0.2) is 43.2 Å². The van der Waals surface area contributed by atoms with E-state index in [4.69, 9.17) is 10.5 Å². The summed E-state index contributed by atoms with van der Waals surface area (Å²) >= 11 is 3.24. The monoisotopic (exact) mass is 261 g/mol. The number of morpholine rings is 1. The summed E-state index contributed by atoms with van der Waals surface area (Å²) in [6.07, 6.45) is 0.227. The fourth-order valence-electron chi connectivity index (χ4n) is 1.29. The summed E-state index contributed by atoms with van der Waals surface area (Å²) in [6, 6.07) is 0.